The molecular formula is C5H10N2O2. The molecule has 0 unspecified atom stereocenters. The van der Waals surface area contributed by atoms with Crippen LogP contribution in [0, 0.1) is 0 Å². The van der Waals surface area contributed by atoms with Crippen LogP contribution in [-0.4, -0.2) is 18.7 Å². The highest BCUT2D eigenvalue weighted by Gasteiger charge is 2.02. The topological polar surface area (TPSA) is 64.7 Å². The molecule has 1 amide bonds. The number of carbonyl (C=O) groups is 1. The van der Waals surface area contributed by atoms with Crippen LogP contribution in [0.3, 0.4) is 0 Å². The van der Waals surface area contributed by atoms with Gasteiger partial charge in [0, 0.05) is 0 Å². The van der Waals surface area contributed by atoms with Gasteiger partial charge in [-0.1, -0.05) is 12.1 Å². The molecule has 9 heavy (non-hydrogen) atoms. The van der Waals surface area contributed by atoms with Gasteiger partial charge in [-0.3, -0.25) is 4.79 Å². The third-order valence-corrected chi connectivity index (χ3v) is 0.821. The quantitative estimate of drug-likeness (QED) is 0.427. The number of primary amides is 1. The van der Waals surface area contributed by atoms with Crippen LogP contribution in [0.25, 0.3) is 0 Å². The summed E-state index contributed by atoms with van der Waals surface area (Å²) in [5.41, 5.74) is 5.15. The second kappa shape index (κ2) is 3.88. The van der Waals surface area contributed by atoms with Crippen molar-refractivity contribution in [2.45, 2.75) is 13.3 Å². The minimum absolute atomic E-state index is 0.262. The van der Waals surface area contributed by atoms with E-state index in [2.05, 4.69) is 9.99 Å². The van der Waals surface area contributed by atoms with Crippen LogP contribution in [0.4, 0.5) is 0 Å². The van der Waals surface area contributed by atoms with E-state index in [1.165, 1.54) is 7.11 Å². The summed E-state index contributed by atoms with van der Waals surface area (Å²) in [4.78, 5) is 14.7. The Morgan fingerprint density at radius 2 is 2.33 bits per heavy atom. The molecule has 0 aromatic carbocycles. The van der Waals surface area contributed by atoms with E-state index in [1.807, 2.05) is 0 Å². The first kappa shape index (κ1) is 7.94. The van der Waals surface area contributed by atoms with E-state index in [9.17, 15) is 4.79 Å². The molecule has 52 valence electrons. The van der Waals surface area contributed by atoms with Crippen molar-refractivity contribution in [1.82, 2.24) is 0 Å². The largest absolute Gasteiger partial charge is 0.399 e. The summed E-state index contributed by atoms with van der Waals surface area (Å²) >= 11 is 0. The molecule has 0 saturated heterocycles. The third kappa shape index (κ3) is 2.69. The average molecular weight is 130 g/mol. The molecule has 0 rings (SSSR count). The van der Waals surface area contributed by atoms with Gasteiger partial charge in [0.2, 0.25) is 0 Å². The number of nitrogens with zero attached hydrogens (tertiary/aromatic N) is 1. The number of rotatable bonds is 3. The highest BCUT2D eigenvalue weighted by atomic mass is 16.6. The van der Waals surface area contributed by atoms with Crippen LogP contribution in [-0.2, 0) is 9.63 Å². The number of hydrogen-bond acceptors (Lipinski definition) is 3. The SMILES string of the molecule is CC/C(=N/OC)C(N)=O. The highest BCUT2D eigenvalue weighted by molar-refractivity contribution is 6.38. The Bertz CT molecular complexity index is 131. The fraction of sp³-hybridized carbons (Fsp3) is 0.600. The van der Waals surface area contributed by atoms with Crippen molar-refractivity contribution in [2.75, 3.05) is 7.11 Å². The minimum Gasteiger partial charge on any atom is -0.399 e. The Balaban J connectivity index is 3.98. The lowest BCUT2D eigenvalue weighted by molar-refractivity contribution is -0.112. The fourth-order valence-corrected chi connectivity index (χ4v) is 0.394. The number of nitrogens with two attached hydrogens (primary N) is 1. The van der Waals surface area contributed by atoms with Crippen LogP contribution in [0.2, 0.25) is 0 Å². The van der Waals surface area contributed by atoms with Gasteiger partial charge >= 0.3 is 0 Å². The Hall–Kier alpha value is -1.06. The predicted molar refractivity (Wildman–Crippen MR) is 33.9 cm³/mol. The molecule has 0 aliphatic heterocycles. The van der Waals surface area contributed by atoms with Gasteiger partial charge in [-0.15, -0.1) is 0 Å². The lowest BCUT2D eigenvalue weighted by Crippen LogP contribution is -2.22. The van der Waals surface area contributed by atoms with Crippen LogP contribution >= 0.6 is 0 Å². The van der Waals surface area contributed by atoms with E-state index in [-0.39, 0.29) is 5.71 Å². The first-order valence-electron chi connectivity index (χ1n) is 2.62. The zero-order valence-corrected chi connectivity index (χ0v) is 5.55. The van der Waals surface area contributed by atoms with Gasteiger partial charge in [-0.05, 0) is 6.42 Å². The first-order chi connectivity index (χ1) is 4.22. The monoisotopic (exact) mass is 130 g/mol. The summed E-state index contributed by atoms with van der Waals surface area (Å²) in [6.07, 6.45) is 0.503. The number of carbonyl (C=O) groups excluding carboxylic acids is 1. The average Bonchev–Trinajstić information content (AvgIpc) is 1.82. The lowest BCUT2D eigenvalue weighted by atomic mass is 10.3. The fourth-order valence-electron chi connectivity index (χ4n) is 0.394. The van der Waals surface area contributed by atoms with E-state index in [0.717, 1.165) is 0 Å². The maximum absolute atomic E-state index is 10.3. The van der Waals surface area contributed by atoms with Crippen LogP contribution < -0.4 is 5.73 Å². The summed E-state index contributed by atoms with van der Waals surface area (Å²) in [5, 5.41) is 3.38. The highest BCUT2D eigenvalue weighted by Crippen LogP contribution is 1.84. The Kier molecular flexibility index (Phi) is 3.43. The van der Waals surface area contributed by atoms with E-state index in [0.29, 0.717) is 6.42 Å². The Morgan fingerprint density at radius 3 is 2.44 bits per heavy atom. The van der Waals surface area contributed by atoms with E-state index in [1.54, 1.807) is 6.92 Å². The van der Waals surface area contributed by atoms with E-state index in [4.69, 9.17) is 5.73 Å². The Morgan fingerprint density at radius 1 is 1.78 bits per heavy atom. The van der Waals surface area contributed by atoms with Crippen molar-refractivity contribution in [3.05, 3.63) is 0 Å². The second-order valence-electron chi connectivity index (χ2n) is 1.44. The van der Waals surface area contributed by atoms with Gasteiger partial charge in [0.15, 0.2) is 0 Å². The summed E-state index contributed by atoms with van der Waals surface area (Å²) in [7, 11) is 1.37. The summed E-state index contributed by atoms with van der Waals surface area (Å²) in [5.74, 6) is -0.528. The van der Waals surface area contributed by atoms with Crippen molar-refractivity contribution < 1.29 is 9.63 Å². The van der Waals surface area contributed by atoms with Crippen molar-refractivity contribution in [3.8, 4) is 0 Å². The summed E-state index contributed by atoms with van der Waals surface area (Å²) in [6, 6.07) is 0. The molecule has 0 fully saturated rings. The summed E-state index contributed by atoms with van der Waals surface area (Å²) < 4.78 is 0. The molecule has 0 bridgehead atoms. The van der Waals surface area contributed by atoms with Crippen molar-refractivity contribution in [2.24, 2.45) is 10.9 Å². The number of amides is 1. The van der Waals surface area contributed by atoms with Crippen molar-refractivity contribution in [1.29, 1.82) is 0 Å². The molecule has 0 spiro atoms. The maximum Gasteiger partial charge on any atom is 0.266 e. The molecule has 0 radical (unpaired) electrons. The van der Waals surface area contributed by atoms with Crippen molar-refractivity contribution in [3.63, 3.8) is 0 Å². The van der Waals surface area contributed by atoms with E-state index >= 15 is 0 Å². The maximum atomic E-state index is 10.3. The van der Waals surface area contributed by atoms with Gasteiger partial charge < -0.3 is 10.6 Å². The molecule has 0 aromatic heterocycles. The standard InChI is InChI=1S/C5H10N2O2/c1-3-4(5(6)8)7-9-2/h3H2,1-2H3,(H2,6,8)/b7-4-. The second-order valence-corrected chi connectivity index (χ2v) is 1.44. The van der Waals surface area contributed by atoms with Gasteiger partial charge in [0.1, 0.15) is 12.8 Å². The molecule has 4 heteroatoms. The van der Waals surface area contributed by atoms with Crippen LogP contribution in [0.1, 0.15) is 13.3 Å². The first-order valence-corrected chi connectivity index (χ1v) is 2.62. The molecule has 0 aliphatic rings. The number of hydrogen-bond donors (Lipinski definition) is 1. The van der Waals surface area contributed by atoms with E-state index < -0.39 is 5.91 Å². The van der Waals surface area contributed by atoms with Gasteiger partial charge in [-0.2, -0.15) is 0 Å². The van der Waals surface area contributed by atoms with Gasteiger partial charge in [0.25, 0.3) is 5.91 Å². The molecular weight excluding hydrogens is 120 g/mol. The predicted octanol–water partition coefficient (Wildman–Crippen LogP) is -0.116. The Labute approximate surface area is 53.7 Å². The van der Waals surface area contributed by atoms with Gasteiger partial charge in [0.05, 0.1) is 0 Å². The van der Waals surface area contributed by atoms with Crippen LogP contribution in [0.5, 0.6) is 0 Å². The molecule has 4 nitrogen and oxygen atoms in total. The normalized spacial score (nSPS) is 11.1. The molecule has 0 aromatic rings. The van der Waals surface area contributed by atoms with Crippen LogP contribution in [0.15, 0.2) is 5.16 Å². The number of oxime groups is 1. The third-order valence-electron chi connectivity index (χ3n) is 0.821. The van der Waals surface area contributed by atoms with Crippen molar-refractivity contribution >= 4 is 11.6 Å². The molecule has 2 N–H and O–H groups in total. The molecule has 0 saturated carbocycles. The van der Waals surface area contributed by atoms with Gasteiger partial charge in [-0.25, -0.2) is 0 Å². The molecule has 0 heterocycles. The smallest absolute Gasteiger partial charge is 0.266 e. The summed E-state index contributed by atoms with van der Waals surface area (Å²) in [6.45, 7) is 1.78. The minimum atomic E-state index is -0.528. The zero-order valence-electron chi connectivity index (χ0n) is 5.55. The lowest BCUT2D eigenvalue weighted by Gasteiger charge is -1.93. The molecule has 0 atom stereocenters. The molecule has 0 aliphatic carbocycles. The zero-order chi connectivity index (χ0) is 7.28.